The van der Waals surface area contributed by atoms with Crippen molar-refractivity contribution in [2.24, 2.45) is 0 Å². The molecule has 1 unspecified atom stereocenters. The van der Waals surface area contributed by atoms with E-state index in [1.807, 2.05) is 0 Å². The molecular weight excluding hydrogens is 315 g/mol. The molecule has 7 heteroatoms. The smallest absolute Gasteiger partial charge is 0.146 e. The topological polar surface area (TPSA) is 58.1 Å². The number of hydrogen-bond donors (Lipinski definition) is 1. The van der Waals surface area contributed by atoms with Crippen molar-refractivity contribution in [3.05, 3.63) is 11.5 Å². The molecule has 1 aromatic heterocycles. The highest BCUT2D eigenvalue weighted by atomic mass is 32.2. The van der Waals surface area contributed by atoms with Gasteiger partial charge in [-0.1, -0.05) is 20.8 Å². The van der Waals surface area contributed by atoms with Gasteiger partial charge in [0.15, 0.2) is 0 Å². The molecule has 3 heterocycles. The maximum atomic E-state index is 12.3. The fraction of sp³-hybridized carbons (Fsp3) is 0.750. The number of halogens is 1. The number of hydrogen-bond acceptors (Lipinski definition) is 5. The molecular formula is C16H25FN4OS. The van der Waals surface area contributed by atoms with Crippen LogP contribution in [0.1, 0.15) is 38.7 Å². The number of likely N-dealkylation sites (tertiary alicyclic amines) is 1. The predicted octanol–water partition coefficient (Wildman–Crippen LogP) is 1.89. The van der Waals surface area contributed by atoms with E-state index in [-0.39, 0.29) is 12.1 Å². The molecule has 2 aliphatic rings. The third kappa shape index (κ3) is 3.55. The summed E-state index contributed by atoms with van der Waals surface area (Å²) in [4.78, 5) is 12.3. The van der Waals surface area contributed by atoms with Crippen LogP contribution in [0.5, 0.6) is 0 Å². The molecule has 0 bridgehead atoms. The first-order chi connectivity index (χ1) is 10.9. The standard InChI is InChI=1S/C16H25FN4OS/c1-16(2,3)15-19-12-5-8-23(22)13(12)14(20-15)18-11-9-21(10-11)7-4-6-17/h11H,4-10H2,1-3H3,(H,18,19,20). The van der Waals surface area contributed by atoms with E-state index in [2.05, 4.69) is 41.0 Å². The van der Waals surface area contributed by atoms with Gasteiger partial charge >= 0.3 is 0 Å². The zero-order valence-corrected chi connectivity index (χ0v) is 14.9. The number of fused-ring (bicyclic) bond motifs is 1. The molecule has 1 N–H and O–H groups in total. The van der Waals surface area contributed by atoms with Crippen LogP contribution in [0.15, 0.2) is 4.90 Å². The van der Waals surface area contributed by atoms with Gasteiger partial charge in [0.25, 0.3) is 0 Å². The molecule has 23 heavy (non-hydrogen) atoms. The van der Waals surface area contributed by atoms with E-state index in [9.17, 15) is 8.60 Å². The molecule has 1 atom stereocenters. The van der Waals surface area contributed by atoms with Gasteiger partial charge in [0.1, 0.15) is 16.5 Å². The summed E-state index contributed by atoms with van der Waals surface area (Å²) < 4.78 is 24.5. The molecule has 0 radical (unpaired) electrons. The summed E-state index contributed by atoms with van der Waals surface area (Å²) in [6.45, 7) is 8.58. The van der Waals surface area contributed by atoms with Crippen LogP contribution in [0.4, 0.5) is 10.2 Å². The van der Waals surface area contributed by atoms with Gasteiger partial charge in [-0.05, 0) is 6.42 Å². The molecule has 1 fully saturated rings. The fourth-order valence-corrected chi connectivity index (χ4v) is 4.26. The zero-order valence-electron chi connectivity index (χ0n) is 14.1. The summed E-state index contributed by atoms with van der Waals surface area (Å²) in [6.07, 6.45) is 1.35. The third-order valence-corrected chi connectivity index (χ3v) is 5.72. The Morgan fingerprint density at radius 2 is 2.09 bits per heavy atom. The fourth-order valence-electron chi connectivity index (χ4n) is 2.95. The van der Waals surface area contributed by atoms with Crippen molar-refractivity contribution in [1.29, 1.82) is 0 Å². The van der Waals surface area contributed by atoms with Crippen LogP contribution in [-0.2, 0) is 22.6 Å². The lowest BCUT2D eigenvalue weighted by atomic mass is 9.95. The number of anilines is 1. The van der Waals surface area contributed by atoms with E-state index in [1.165, 1.54) is 0 Å². The Hall–Kier alpha value is -1.08. The lowest BCUT2D eigenvalue weighted by Gasteiger charge is -2.40. The van der Waals surface area contributed by atoms with Crippen LogP contribution in [0, 0.1) is 0 Å². The van der Waals surface area contributed by atoms with Crippen molar-refractivity contribution in [2.75, 3.05) is 37.4 Å². The number of aryl methyl sites for hydroxylation is 1. The van der Waals surface area contributed by atoms with Gasteiger partial charge in [-0.3, -0.25) is 13.5 Å². The molecule has 0 spiro atoms. The first-order valence-electron chi connectivity index (χ1n) is 8.23. The van der Waals surface area contributed by atoms with Crippen molar-refractivity contribution in [3.8, 4) is 0 Å². The average molecular weight is 340 g/mol. The minimum absolute atomic E-state index is 0.137. The molecule has 5 nitrogen and oxygen atoms in total. The Kier molecular flexibility index (Phi) is 4.69. The molecule has 0 saturated carbocycles. The summed E-state index contributed by atoms with van der Waals surface area (Å²) in [5, 5.41) is 3.45. The second-order valence-electron chi connectivity index (χ2n) is 7.36. The van der Waals surface area contributed by atoms with Crippen molar-refractivity contribution in [1.82, 2.24) is 14.9 Å². The number of aromatic nitrogens is 2. The highest BCUT2D eigenvalue weighted by Crippen LogP contribution is 2.31. The number of rotatable bonds is 5. The quantitative estimate of drug-likeness (QED) is 0.887. The van der Waals surface area contributed by atoms with E-state index >= 15 is 0 Å². The van der Waals surface area contributed by atoms with Gasteiger partial charge in [-0.15, -0.1) is 0 Å². The Morgan fingerprint density at radius 1 is 1.35 bits per heavy atom. The van der Waals surface area contributed by atoms with Crippen molar-refractivity contribution in [3.63, 3.8) is 0 Å². The van der Waals surface area contributed by atoms with Crippen molar-refractivity contribution in [2.45, 2.75) is 50.0 Å². The molecule has 0 aliphatic carbocycles. The highest BCUT2D eigenvalue weighted by Gasteiger charge is 2.32. The molecule has 1 aromatic rings. The minimum Gasteiger partial charge on any atom is -0.364 e. The largest absolute Gasteiger partial charge is 0.364 e. The van der Waals surface area contributed by atoms with Crippen LogP contribution in [0.25, 0.3) is 0 Å². The molecule has 0 amide bonds. The van der Waals surface area contributed by atoms with E-state index in [0.717, 1.165) is 48.3 Å². The highest BCUT2D eigenvalue weighted by molar-refractivity contribution is 7.85. The summed E-state index contributed by atoms with van der Waals surface area (Å²) in [7, 11) is -1.00. The van der Waals surface area contributed by atoms with Gasteiger partial charge in [0.2, 0.25) is 0 Å². The number of nitrogens with zero attached hydrogens (tertiary/aromatic N) is 3. The van der Waals surface area contributed by atoms with Gasteiger partial charge in [-0.2, -0.15) is 0 Å². The maximum absolute atomic E-state index is 12.3. The van der Waals surface area contributed by atoms with Crippen LogP contribution in [0.3, 0.4) is 0 Å². The van der Waals surface area contributed by atoms with E-state index in [0.29, 0.717) is 18.2 Å². The third-order valence-electron chi connectivity index (χ3n) is 4.26. The van der Waals surface area contributed by atoms with E-state index < -0.39 is 10.8 Å². The Morgan fingerprint density at radius 3 is 2.74 bits per heavy atom. The first kappa shape index (κ1) is 16.8. The summed E-state index contributed by atoms with van der Waals surface area (Å²) in [5.74, 6) is 2.18. The van der Waals surface area contributed by atoms with E-state index in [4.69, 9.17) is 0 Å². The van der Waals surface area contributed by atoms with Crippen molar-refractivity contribution < 1.29 is 8.60 Å². The van der Waals surface area contributed by atoms with Gasteiger partial charge in [0, 0.05) is 37.2 Å². The number of alkyl halides is 1. The monoisotopic (exact) mass is 340 g/mol. The minimum atomic E-state index is -1.00. The normalized spacial score (nSPS) is 22.0. The van der Waals surface area contributed by atoms with Crippen LogP contribution in [0.2, 0.25) is 0 Å². The zero-order chi connectivity index (χ0) is 16.6. The van der Waals surface area contributed by atoms with Gasteiger partial charge < -0.3 is 5.32 Å². The summed E-state index contributed by atoms with van der Waals surface area (Å²) in [6, 6.07) is 0.291. The van der Waals surface area contributed by atoms with Crippen molar-refractivity contribution >= 4 is 16.6 Å². The van der Waals surface area contributed by atoms with Gasteiger partial charge in [0.05, 0.1) is 29.2 Å². The van der Waals surface area contributed by atoms with Gasteiger partial charge in [-0.25, -0.2) is 9.97 Å². The Bertz CT molecular complexity index is 611. The predicted molar refractivity (Wildman–Crippen MR) is 90.2 cm³/mol. The molecule has 3 rings (SSSR count). The molecule has 128 valence electrons. The maximum Gasteiger partial charge on any atom is 0.146 e. The number of nitrogens with one attached hydrogen (secondary N) is 1. The summed E-state index contributed by atoms with van der Waals surface area (Å²) >= 11 is 0. The van der Waals surface area contributed by atoms with E-state index in [1.54, 1.807) is 0 Å². The van der Waals surface area contributed by atoms with Crippen LogP contribution < -0.4 is 5.32 Å². The summed E-state index contributed by atoms with van der Waals surface area (Å²) in [5.41, 5.74) is 0.793. The second-order valence-corrected chi connectivity index (χ2v) is 8.87. The van der Waals surface area contributed by atoms with Crippen LogP contribution in [-0.4, -0.2) is 57.2 Å². The lowest BCUT2D eigenvalue weighted by Crippen LogP contribution is -2.55. The van der Waals surface area contributed by atoms with Crippen LogP contribution >= 0.6 is 0 Å². The average Bonchev–Trinajstić information content (AvgIpc) is 2.82. The second kappa shape index (κ2) is 6.43. The Labute approximate surface area is 139 Å². The molecule has 1 saturated heterocycles. The molecule has 2 aliphatic heterocycles. The Balaban J connectivity index is 1.76. The first-order valence-corrected chi connectivity index (χ1v) is 9.55. The SMILES string of the molecule is CC(C)(C)c1nc2c(c(NC3CN(CCCF)C3)n1)S(=O)CC2. The lowest BCUT2D eigenvalue weighted by molar-refractivity contribution is 0.155. The molecule has 0 aromatic carbocycles.